The van der Waals surface area contributed by atoms with Crippen LogP contribution >= 0.6 is 0 Å². The van der Waals surface area contributed by atoms with Crippen LogP contribution in [0.2, 0.25) is 0 Å². The van der Waals surface area contributed by atoms with Crippen molar-refractivity contribution in [3.8, 4) is 0 Å². The van der Waals surface area contributed by atoms with Gasteiger partial charge in [0.2, 0.25) is 0 Å². The third kappa shape index (κ3) is 6.09. The quantitative estimate of drug-likeness (QED) is 0.420. The summed E-state index contributed by atoms with van der Waals surface area (Å²) in [6.45, 7) is 2.00. The SMILES string of the molecule is C1CCOCC1.[NaH].[NaH]. The molecule has 8 heavy (non-hydrogen) atoms. The zero-order valence-electron chi connectivity index (χ0n) is 3.94. The van der Waals surface area contributed by atoms with Crippen LogP contribution in [0, 0.1) is 0 Å². The van der Waals surface area contributed by atoms with Crippen molar-refractivity contribution in [1.82, 2.24) is 0 Å². The van der Waals surface area contributed by atoms with E-state index in [0.717, 1.165) is 13.2 Å². The summed E-state index contributed by atoms with van der Waals surface area (Å²) in [5, 5.41) is 0. The Bertz CT molecular complexity index is 25.9. The van der Waals surface area contributed by atoms with E-state index in [0.29, 0.717) is 0 Å². The number of ether oxygens (including phenoxy) is 1. The Morgan fingerprint density at radius 3 is 1.38 bits per heavy atom. The first kappa shape index (κ1) is 12.6. The molecule has 0 amide bonds. The molecule has 0 spiro atoms. The molecule has 0 radical (unpaired) electrons. The fourth-order valence-electron chi connectivity index (χ4n) is 0.687. The first-order chi connectivity index (χ1) is 3.00. The second kappa shape index (κ2) is 8.96. The Labute approximate surface area is 95.1 Å². The topological polar surface area (TPSA) is 9.23 Å². The van der Waals surface area contributed by atoms with Gasteiger partial charge in [0.25, 0.3) is 0 Å². The van der Waals surface area contributed by atoms with Gasteiger partial charge in [-0.05, 0) is 19.3 Å². The molecule has 3 heteroatoms. The van der Waals surface area contributed by atoms with Crippen molar-refractivity contribution in [1.29, 1.82) is 0 Å². The van der Waals surface area contributed by atoms with Crippen LogP contribution < -0.4 is 0 Å². The Morgan fingerprint density at radius 2 is 1.25 bits per heavy atom. The van der Waals surface area contributed by atoms with Gasteiger partial charge in [0.1, 0.15) is 0 Å². The van der Waals surface area contributed by atoms with Crippen molar-refractivity contribution in [3.05, 3.63) is 0 Å². The van der Waals surface area contributed by atoms with Crippen LogP contribution in [0.15, 0.2) is 0 Å². The summed E-state index contributed by atoms with van der Waals surface area (Å²) in [4.78, 5) is 0. The molecule has 0 aliphatic carbocycles. The van der Waals surface area contributed by atoms with Gasteiger partial charge in [-0.3, -0.25) is 0 Å². The maximum absolute atomic E-state index is 5.07. The standard InChI is InChI=1S/C5H10O.2Na.2H/c1-2-4-6-5-3-1;;;;/h1-5H2;;;;. The Kier molecular flexibility index (Phi) is 14.1. The van der Waals surface area contributed by atoms with E-state index in [4.69, 9.17) is 4.74 Å². The second-order valence-electron chi connectivity index (χ2n) is 1.67. The van der Waals surface area contributed by atoms with Gasteiger partial charge in [-0.25, -0.2) is 0 Å². The molecular formula is C5H12Na2O. The van der Waals surface area contributed by atoms with Gasteiger partial charge in [0.05, 0.1) is 0 Å². The predicted molar refractivity (Wildman–Crippen MR) is 39.0 cm³/mol. The summed E-state index contributed by atoms with van der Waals surface area (Å²) < 4.78 is 5.07. The monoisotopic (exact) mass is 134 g/mol. The Hall–Kier alpha value is 1.96. The van der Waals surface area contributed by atoms with E-state index in [9.17, 15) is 0 Å². The van der Waals surface area contributed by atoms with Crippen LogP contribution in [0.4, 0.5) is 0 Å². The van der Waals surface area contributed by atoms with Crippen LogP contribution in [-0.4, -0.2) is 72.3 Å². The van der Waals surface area contributed by atoms with Gasteiger partial charge in [-0.15, -0.1) is 0 Å². The minimum absolute atomic E-state index is 0. The number of hydrogen-bond donors (Lipinski definition) is 0. The van der Waals surface area contributed by atoms with Gasteiger partial charge in [-0.1, -0.05) is 0 Å². The van der Waals surface area contributed by atoms with Gasteiger partial charge < -0.3 is 4.74 Å². The summed E-state index contributed by atoms with van der Waals surface area (Å²) in [5.74, 6) is 0. The van der Waals surface area contributed by atoms with Gasteiger partial charge in [0.15, 0.2) is 0 Å². The fraction of sp³-hybridized carbons (Fsp3) is 1.00. The molecule has 0 bridgehead atoms. The molecule has 40 valence electrons. The zero-order valence-corrected chi connectivity index (χ0v) is 3.94. The molecule has 1 aliphatic heterocycles. The molecule has 1 nitrogen and oxygen atoms in total. The second-order valence-corrected chi connectivity index (χ2v) is 1.67. The van der Waals surface area contributed by atoms with Crippen LogP contribution in [0.1, 0.15) is 19.3 Å². The summed E-state index contributed by atoms with van der Waals surface area (Å²) in [7, 11) is 0. The molecule has 0 N–H and O–H groups in total. The van der Waals surface area contributed by atoms with Crippen LogP contribution in [0.25, 0.3) is 0 Å². The van der Waals surface area contributed by atoms with Crippen molar-refractivity contribution in [2.45, 2.75) is 19.3 Å². The Morgan fingerprint density at radius 1 is 0.750 bits per heavy atom. The van der Waals surface area contributed by atoms with Crippen molar-refractivity contribution < 1.29 is 4.74 Å². The van der Waals surface area contributed by atoms with Crippen LogP contribution in [0.5, 0.6) is 0 Å². The summed E-state index contributed by atoms with van der Waals surface area (Å²) in [6, 6.07) is 0. The molecule has 0 atom stereocenters. The van der Waals surface area contributed by atoms with Gasteiger partial charge in [0, 0.05) is 13.2 Å². The summed E-state index contributed by atoms with van der Waals surface area (Å²) >= 11 is 0. The van der Waals surface area contributed by atoms with Crippen LogP contribution in [0.3, 0.4) is 0 Å². The molecule has 1 saturated heterocycles. The molecule has 1 heterocycles. The van der Waals surface area contributed by atoms with Crippen molar-refractivity contribution in [2.24, 2.45) is 0 Å². The molecule has 0 aromatic carbocycles. The van der Waals surface area contributed by atoms with E-state index < -0.39 is 0 Å². The first-order valence-corrected chi connectivity index (χ1v) is 2.58. The first-order valence-electron chi connectivity index (χ1n) is 2.58. The molecule has 0 aromatic heterocycles. The fourth-order valence-corrected chi connectivity index (χ4v) is 0.687. The third-order valence-corrected chi connectivity index (χ3v) is 1.08. The van der Waals surface area contributed by atoms with Crippen molar-refractivity contribution in [2.75, 3.05) is 13.2 Å². The minimum atomic E-state index is 0. The Balaban J connectivity index is 0. The molecule has 1 rings (SSSR count). The normalized spacial score (nSPS) is 18.0. The van der Waals surface area contributed by atoms with Crippen molar-refractivity contribution >= 4 is 59.1 Å². The van der Waals surface area contributed by atoms with E-state index in [1.54, 1.807) is 0 Å². The summed E-state index contributed by atoms with van der Waals surface area (Å²) in [6.07, 6.45) is 3.93. The summed E-state index contributed by atoms with van der Waals surface area (Å²) in [5.41, 5.74) is 0. The number of rotatable bonds is 0. The van der Waals surface area contributed by atoms with E-state index in [-0.39, 0.29) is 59.1 Å². The number of hydrogen-bond acceptors (Lipinski definition) is 1. The van der Waals surface area contributed by atoms with Gasteiger partial charge >= 0.3 is 59.1 Å². The average Bonchev–Trinajstić information content (AvgIpc) is 1.72. The zero-order chi connectivity index (χ0) is 4.24. The third-order valence-electron chi connectivity index (χ3n) is 1.08. The molecular weight excluding hydrogens is 122 g/mol. The van der Waals surface area contributed by atoms with Crippen LogP contribution in [-0.2, 0) is 4.74 Å². The molecule has 0 unspecified atom stereocenters. The van der Waals surface area contributed by atoms with E-state index >= 15 is 0 Å². The van der Waals surface area contributed by atoms with E-state index in [1.807, 2.05) is 0 Å². The predicted octanol–water partition coefficient (Wildman–Crippen LogP) is -0.110. The van der Waals surface area contributed by atoms with Crippen molar-refractivity contribution in [3.63, 3.8) is 0 Å². The van der Waals surface area contributed by atoms with Gasteiger partial charge in [-0.2, -0.15) is 0 Å². The molecule has 0 aromatic rings. The van der Waals surface area contributed by atoms with E-state index in [2.05, 4.69) is 0 Å². The molecule has 0 saturated carbocycles. The maximum atomic E-state index is 5.07. The average molecular weight is 134 g/mol. The molecule has 1 fully saturated rings. The van der Waals surface area contributed by atoms with E-state index in [1.165, 1.54) is 19.3 Å². The molecule has 1 aliphatic rings.